The number of hydrogen-bond donors (Lipinski definition) is 2. The zero-order valence-corrected chi connectivity index (χ0v) is 20.2. The summed E-state index contributed by atoms with van der Waals surface area (Å²) in [6.45, 7) is 1.70. The van der Waals surface area contributed by atoms with Crippen LogP contribution in [0.1, 0.15) is 48.8 Å². The van der Waals surface area contributed by atoms with Crippen molar-refractivity contribution in [2.75, 3.05) is 20.3 Å². The van der Waals surface area contributed by atoms with Crippen LogP contribution in [-0.2, 0) is 28.5 Å². The second-order valence-electron chi connectivity index (χ2n) is 8.15. The van der Waals surface area contributed by atoms with Gasteiger partial charge in [0.2, 0.25) is 0 Å². The Morgan fingerprint density at radius 2 is 1.79 bits per heavy atom. The van der Waals surface area contributed by atoms with Crippen molar-refractivity contribution >= 4 is 19.2 Å². The molecule has 1 heterocycles. The third kappa shape index (κ3) is 8.49. The molecule has 0 bridgehead atoms. The molecule has 0 saturated carbocycles. The fourth-order valence-corrected chi connectivity index (χ4v) is 4.33. The maximum absolute atomic E-state index is 10.5. The van der Waals surface area contributed by atoms with Gasteiger partial charge in [-0.25, -0.2) is 0 Å². The summed E-state index contributed by atoms with van der Waals surface area (Å²) in [4.78, 5) is 13.3. The van der Waals surface area contributed by atoms with E-state index in [-0.39, 0.29) is 6.61 Å². The second kappa shape index (κ2) is 14.0. The quantitative estimate of drug-likeness (QED) is 0.218. The molecule has 0 aliphatic heterocycles. The van der Waals surface area contributed by atoms with E-state index in [2.05, 4.69) is 51.2 Å². The largest absolute Gasteiger partial charge is 0.694 e. The van der Waals surface area contributed by atoms with Gasteiger partial charge in [0, 0.05) is 22.7 Å². The molecule has 0 saturated heterocycles. The fraction of sp³-hybridized carbons (Fsp3) is 0.423. The van der Waals surface area contributed by atoms with Crippen LogP contribution in [0.4, 0.5) is 0 Å². The molecule has 6 nitrogen and oxygen atoms in total. The van der Waals surface area contributed by atoms with Gasteiger partial charge >= 0.3 is 8.25 Å². The Bertz CT molecular complexity index is 1030. The van der Waals surface area contributed by atoms with Crippen molar-refractivity contribution in [3.05, 3.63) is 71.4 Å². The normalized spacial score (nSPS) is 11.6. The van der Waals surface area contributed by atoms with E-state index < -0.39 is 8.25 Å². The number of aromatic nitrogens is 1. The van der Waals surface area contributed by atoms with Crippen molar-refractivity contribution in [3.63, 3.8) is 0 Å². The number of rotatable bonds is 15. The minimum Gasteiger partial charge on any atom is -0.497 e. The summed E-state index contributed by atoms with van der Waals surface area (Å²) in [5.41, 5.74) is 4.92. The fourth-order valence-electron chi connectivity index (χ4n) is 4.04. The number of aryl methyl sites for hydroxylation is 2. The van der Waals surface area contributed by atoms with Crippen molar-refractivity contribution in [1.29, 1.82) is 0 Å². The highest BCUT2D eigenvalue weighted by Gasteiger charge is 2.10. The number of methoxy groups -OCH3 is 1. The number of ether oxygens (including phenoxy) is 1. The summed E-state index contributed by atoms with van der Waals surface area (Å²) in [6, 6.07) is 16.9. The minimum atomic E-state index is -2.51. The average molecular weight is 470 g/mol. The molecule has 0 aliphatic carbocycles. The number of unbranched alkanes of at least 4 members (excludes halogenated alkanes) is 3. The first-order chi connectivity index (χ1) is 16.2. The molecule has 33 heavy (non-hydrogen) atoms. The first-order valence-corrected chi connectivity index (χ1v) is 12.8. The van der Waals surface area contributed by atoms with Gasteiger partial charge in [0.05, 0.1) is 12.6 Å². The Balaban J connectivity index is 1.44. The van der Waals surface area contributed by atoms with Crippen LogP contribution >= 0.6 is 8.25 Å². The molecule has 0 amide bonds. The number of nitrogens with one attached hydrogen (secondary N) is 1. The van der Waals surface area contributed by atoms with E-state index in [4.69, 9.17) is 9.63 Å². The van der Waals surface area contributed by atoms with Crippen LogP contribution in [0.2, 0.25) is 0 Å². The number of nitrogens with zero attached hydrogens (tertiary/aromatic N) is 1. The lowest BCUT2D eigenvalue weighted by molar-refractivity contribution is 0.276. The van der Waals surface area contributed by atoms with Crippen LogP contribution in [0.25, 0.3) is 10.9 Å². The molecule has 2 aromatic carbocycles. The third-order valence-corrected chi connectivity index (χ3v) is 6.16. The van der Waals surface area contributed by atoms with Gasteiger partial charge in [-0.05, 0) is 73.5 Å². The molecule has 0 aliphatic rings. The maximum atomic E-state index is 10.5. The highest BCUT2D eigenvalue weighted by atomic mass is 31.1. The molecule has 3 rings (SSSR count). The minimum absolute atomic E-state index is 0.274. The van der Waals surface area contributed by atoms with E-state index in [9.17, 15) is 4.57 Å². The highest BCUT2D eigenvalue weighted by molar-refractivity contribution is 7.32. The van der Waals surface area contributed by atoms with E-state index in [0.717, 1.165) is 30.7 Å². The molecule has 1 aromatic heterocycles. The Morgan fingerprint density at radius 1 is 0.970 bits per heavy atom. The molecular weight excluding hydrogens is 435 g/mol. The number of hydrogen-bond acceptors (Lipinski definition) is 5. The molecule has 1 unspecified atom stereocenters. The van der Waals surface area contributed by atoms with E-state index >= 15 is 0 Å². The molecule has 0 spiro atoms. The Hall–Kier alpha value is -2.37. The monoisotopic (exact) mass is 469 g/mol. The Kier molecular flexibility index (Phi) is 10.7. The van der Waals surface area contributed by atoms with Crippen molar-refractivity contribution in [2.45, 2.75) is 51.5 Å². The summed E-state index contributed by atoms with van der Waals surface area (Å²) in [6.07, 6.45) is 9.50. The molecule has 0 radical (unpaired) electrons. The van der Waals surface area contributed by atoms with Crippen LogP contribution in [-0.4, -0.2) is 30.1 Å². The molecule has 1 atom stereocenters. The molecule has 3 aromatic rings. The first-order valence-electron chi connectivity index (χ1n) is 11.7. The van der Waals surface area contributed by atoms with Gasteiger partial charge in [-0.2, -0.15) is 0 Å². The lowest BCUT2D eigenvalue weighted by atomic mass is 9.98. The van der Waals surface area contributed by atoms with E-state index in [1.807, 2.05) is 18.3 Å². The standard InChI is InChI=1S/C26H33N2O4P/c1-31-24-12-6-10-21(19-24)9-4-2-3-5-11-22-14-15-23(26-25(22)13-7-17-28-26)20-27-16-8-18-32-33(29)30/h6-7,10,12-15,17,19,27H,2-5,8-9,11,16,18,20H2,1H3/p+1. The topological polar surface area (TPSA) is 80.7 Å². The van der Waals surface area contributed by atoms with Gasteiger partial charge in [0.1, 0.15) is 12.4 Å². The van der Waals surface area contributed by atoms with E-state index in [0.29, 0.717) is 13.0 Å². The third-order valence-electron chi connectivity index (χ3n) is 5.75. The average Bonchev–Trinajstić information content (AvgIpc) is 2.84. The lowest BCUT2D eigenvalue weighted by Gasteiger charge is -2.11. The SMILES string of the molecule is COc1cccc(CCCCCCc2ccc(CNCCCO[P+](=O)O)c3ncccc23)c1. The van der Waals surface area contributed by atoms with Crippen LogP contribution in [0.5, 0.6) is 5.75 Å². The van der Waals surface area contributed by atoms with Crippen LogP contribution < -0.4 is 10.1 Å². The summed E-state index contributed by atoms with van der Waals surface area (Å²) < 4.78 is 20.5. The second-order valence-corrected chi connectivity index (χ2v) is 8.88. The van der Waals surface area contributed by atoms with Gasteiger partial charge in [-0.15, -0.1) is 9.42 Å². The number of fused-ring (bicyclic) bond motifs is 1. The van der Waals surface area contributed by atoms with Gasteiger partial charge in [0.15, 0.2) is 0 Å². The van der Waals surface area contributed by atoms with E-state index in [1.54, 1.807) is 7.11 Å². The summed E-state index contributed by atoms with van der Waals surface area (Å²) >= 11 is 0. The molecule has 176 valence electrons. The lowest BCUT2D eigenvalue weighted by Crippen LogP contribution is -2.16. The predicted octanol–water partition coefficient (Wildman–Crippen LogP) is 5.74. The smallest absolute Gasteiger partial charge is 0.497 e. The van der Waals surface area contributed by atoms with Crippen molar-refractivity contribution in [3.8, 4) is 5.75 Å². The molecule has 0 fully saturated rings. The van der Waals surface area contributed by atoms with Crippen molar-refractivity contribution in [1.82, 2.24) is 10.3 Å². The van der Waals surface area contributed by atoms with Crippen LogP contribution in [0, 0.1) is 0 Å². The van der Waals surface area contributed by atoms with Gasteiger partial charge in [-0.3, -0.25) is 4.98 Å². The highest BCUT2D eigenvalue weighted by Crippen LogP contribution is 2.23. The number of benzene rings is 2. The summed E-state index contributed by atoms with van der Waals surface area (Å²) in [7, 11) is -0.795. The first kappa shape index (κ1) is 25.3. The summed E-state index contributed by atoms with van der Waals surface area (Å²) in [5, 5.41) is 4.60. The van der Waals surface area contributed by atoms with Crippen LogP contribution in [0.15, 0.2) is 54.7 Å². The molecule has 2 N–H and O–H groups in total. The Labute approximate surface area is 197 Å². The molecule has 7 heteroatoms. The number of pyridine rings is 1. The Morgan fingerprint density at radius 3 is 2.61 bits per heavy atom. The van der Waals surface area contributed by atoms with Crippen LogP contribution in [0.3, 0.4) is 0 Å². The van der Waals surface area contributed by atoms with Gasteiger partial charge in [0.25, 0.3) is 0 Å². The zero-order valence-electron chi connectivity index (χ0n) is 19.3. The van der Waals surface area contributed by atoms with Crippen molar-refractivity contribution in [2.24, 2.45) is 0 Å². The van der Waals surface area contributed by atoms with E-state index in [1.165, 1.54) is 47.8 Å². The van der Waals surface area contributed by atoms with Crippen molar-refractivity contribution < 1.29 is 18.7 Å². The zero-order chi connectivity index (χ0) is 23.3. The van der Waals surface area contributed by atoms with Gasteiger partial charge < -0.3 is 10.1 Å². The maximum Gasteiger partial charge on any atom is 0.694 e. The molecular formula is C26H34N2O4P+. The predicted molar refractivity (Wildman–Crippen MR) is 133 cm³/mol. The van der Waals surface area contributed by atoms with Gasteiger partial charge in [-0.1, -0.05) is 43.2 Å². The summed E-state index contributed by atoms with van der Waals surface area (Å²) in [5.74, 6) is 0.931.